The Morgan fingerprint density at radius 2 is 2.00 bits per heavy atom. The van der Waals surface area contributed by atoms with E-state index >= 15 is 0 Å². The van der Waals surface area contributed by atoms with Gasteiger partial charge in [-0.2, -0.15) is 0 Å². The van der Waals surface area contributed by atoms with Gasteiger partial charge in [0.25, 0.3) is 0 Å². The zero-order valence-corrected chi connectivity index (χ0v) is 12.0. The molecule has 4 heteroatoms. The van der Waals surface area contributed by atoms with Gasteiger partial charge in [0.15, 0.2) is 5.58 Å². The highest BCUT2D eigenvalue weighted by Gasteiger charge is 2.17. The van der Waals surface area contributed by atoms with Gasteiger partial charge in [-0.25, -0.2) is 4.79 Å². The second-order valence-electron chi connectivity index (χ2n) is 5.90. The smallest absolute Gasteiger partial charge is 0.408 e. The lowest BCUT2D eigenvalue weighted by molar-refractivity contribution is 0.304. The minimum absolute atomic E-state index is 0.259. The van der Waals surface area contributed by atoms with Crippen LogP contribution in [0.3, 0.4) is 0 Å². The first-order valence-corrected chi connectivity index (χ1v) is 7.56. The van der Waals surface area contributed by atoms with Crippen LogP contribution in [-0.4, -0.2) is 17.2 Å². The van der Waals surface area contributed by atoms with Crippen LogP contribution in [0.1, 0.15) is 32.6 Å². The van der Waals surface area contributed by atoms with Crippen molar-refractivity contribution in [2.24, 2.45) is 5.92 Å². The van der Waals surface area contributed by atoms with E-state index in [2.05, 4.69) is 12.2 Å². The zero-order chi connectivity index (χ0) is 13.9. The van der Waals surface area contributed by atoms with Crippen molar-refractivity contribution in [3.63, 3.8) is 0 Å². The number of aromatic nitrogens is 1. The Bertz CT molecular complexity index is 621. The van der Waals surface area contributed by atoms with Gasteiger partial charge in [-0.05, 0) is 43.7 Å². The van der Waals surface area contributed by atoms with Crippen LogP contribution in [0.25, 0.3) is 11.1 Å². The van der Waals surface area contributed by atoms with E-state index in [-0.39, 0.29) is 5.76 Å². The first kappa shape index (κ1) is 13.4. The van der Waals surface area contributed by atoms with E-state index in [0.717, 1.165) is 18.0 Å². The Hall–Kier alpha value is -1.55. The molecule has 1 aliphatic carbocycles. The van der Waals surface area contributed by atoms with E-state index in [9.17, 15) is 4.79 Å². The molecule has 0 unspecified atom stereocenters. The number of para-hydroxylation sites is 2. The summed E-state index contributed by atoms with van der Waals surface area (Å²) >= 11 is 0. The lowest BCUT2D eigenvalue weighted by atomic mass is 9.87. The number of fused-ring (bicyclic) bond motifs is 1. The molecular formula is C16H22N2O2. The SMILES string of the molecule is CC1CCC(NCCn2c(=O)oc3ccccc32)CC1. The van der Waals surface area contributed by atoms with Gasteiger partial charge in [-0.3, -0.25) is 4.57 Å². The van der Waals surface area contributed by atoms with Crippen molar-refractivity contribution in [1.29, 1.82) is 0 Å². The number of oxazole rings is 1. The highest BCUT2D eigenvalue weighted by molar-refractivity contribution is 5.72. The maximum absolute atomic E-state index is 11.8. The van der Waals surface area contributed by atoms with Crippen LogP contribution in [0.15, 0.2) is 33.5 Å². The lowest BCUT2D eigenvalue weighted by Gasteiger charge is -2.27. The number of rotatable bonds is 4. The van der Waals surface area contributed by atoms with Crippen molar-refractivity contribution < 1.29 is 4.42 Å². The van der Waals surface area contributed by atoms with Crippen LogP contribution in [-0.2, 0) is 6.54 Å². The number of hydrogen-bond donors (Lipinski definition) is 1. The molecule has 0 bridgehead atoms. The van der Waals surface area contributed by atoms with Crippen molar-refractivity contribution in [3.05, 3.63) is 34.8 Å². The number of hydrogen-bond acceptors (Lipinski definition) is 3. The van der Waals surface area contributed by atoms with Gasteiger partial charge in [0.2, 0.25) is 0 Å². The predicted octanol–water partition coefficient (Wildman–Crippen LogP) is 2.76. The third-order valence-electron chi connectivity index (χ3n) is 4.36. The van der Waals surface area contributed by atoms with Crippen LogP contribution in [0.2, 0.25) is 0 Å². The average Bonchev–Trinajstić information content (AvgIpc) is 2.77. The van der Waals surface area contributed by atoms with Crippen molar-refractivity contribution in [1.82, 2.24) is 9.88 Å². The molecule has 0 spiro atoms. The first-order valence-electron chi connectivity index (χ1n) is 7.56. The Labute approximate surface area is 118 Å². The summed E-state index contributed by atoms with van der Waals surface area (Å²) < 4.78 is 6.95. The van der Waals surface area contributed by atoms with Gasteiger partial charge >= 0.3 is 5.76 Å². The molecule has 0 amide bonds. The molecule has 1 aromatic heterocycles. The Morgan fingerprint density at radius 3 is 2.80 bits per heavy atom. The Kier molecular flexibility index (Phi) is 3.92. The van der Waals surface area contributed by atoms with Crippen LogP contribution < -0.4 is 11.1 Å². The monoisotopic (exact) mass is 274 g/mol. The van der Waals surface area contributed by atoms with Crippen molar-refractivity contribution in [2.45, 2.75) is 45.2 Å². The molecule has 0 aliphatic heterocycles. The molecule has 2 aromatic rings. The third-order valence-corrected chi connectivity index (χ3v) is 4.36. The molecule has 0 saturated heterocycles. The van der Waals surface area contributed by atoms with E-state index < -0.39 is 0 Å². The molecule has 3 rings (SSSR count). The largest absolute Gasteiger partial charge is 0.419 e. The topological polar surface area (TPSA) is 47.2 Å². The fraction of sp³-hybridized carbons (Fsp3) is 0.562. The standard InChI is InChI=1S/C16H22N2O2/c1-12-6-8-13(9-7-12)17-10-11-18-14-4-2-3-5-15(14)20-16(18)19/h2-5,12-13,17H,6-11H2,1H3. The van der Waals surface area contributed by atoms with Gasteiger partial charge in [-0.15, -0.1) is 0 Å². The van der Waals surface area contributed by atoms with Gasteiger partial charge in [0.05, 0.1) is 5.52 Å². The molecule has 20 heavy (non-hydrogen) atoms. The Balaban J connectivity index is 1.60. The van der Waals surface area contributed by atoms with Gasteiger partial charge in [0.1, 0.15) is 0 Å². The second kappa shape index (κ2) is 5.83. The summed E-state index contributed by atoms with van der Waals surface area (Å²) in [4.78, 5) is 11.8. The fourth-order valence-corrected chi connectivity index (χ4v) is 3.07. The van der Waals surface area contributed by atoms with Crippen molar-refractivity contribution in [3.8, 4) is 0 Å². The minimum atomic E-state index is -0.259. The van der Waals surface area contributed by atoms with E-state index in [1.165, 1.54) is 25.7 Å². The van der Waals surface area contributed by atoms with Crippen molar-refractivity contribution >= 4 is 11.1 Å². The van der Waals surface area contributed by atoms with E-state index in [4.69, 9.17) is 4.42 Å². The highest BCUT2D eigenvalue weighted by Crippen LogP contribution is 2.23. The molecule has 1 heterocycles. The van der Waals surface area contributed by atoms with Crippen LogP contribution in [0.5, 0.6) is 0 Å². The summed E-state index contributed by atoms with van der Waals surface area (Å²) in [6.45, 7) is 3.82. The molecular weight excluding hydrogens is 252 g/mol. The first-order chi connectivity index (χ1) is 9.74. The van der Waals surface area contributed by atoms with Gasteiger partial charge in [0, 0.05) is 19.1 Å². The van der Waals surface area contributed by atoms with E-state index in [0.29, 0.717) is 18.2 Å². The normalized spacial score (nSPS) is 23.2. The molecule has 1 saturated carbocycles. The molecule has 0 radical (unpaired) electrons. The summed E-state index contributed by atoms with van der Waals surface area (Å²) in [5.41, 5.74) is 1.56. The molecule has 1 fully saturated rings. The molecule has 108 valence electrons. The quantitative estimate of drug-likeness (QED) is 0.932. The summed E-state index contributed by atoms with van der Waals surface area (Å²) in [6, 6.07) is 8.20. The van der Waals surface area contributed by atoms with Gasteiger partial charge < -0.3 is 9.73 Å². The molecule has 0 atom stereocenters. The molecule has 1 N–H and O–H groups in total. The number of benzene rings is 1. The number of nitrogens with one attached hydrogen (secondary N) is 1. The van der Waals surface area contributed by atoms with E-state index in [1.54, 1.807) is 4.57 Å². The average molecular weight is 274 g/mol. The summed E-state index contributed by atoms with van der Waals surface area (Å²) in [5.74, 6) is 0.610. The van der Waals surface area contributed by atoms with Crippen LogP contribution in [0.4, 0.5) is 0 Å². The summed E-state index contributed by atoms with van der Waals surface area (Å²) in [6.07, 6.45) is 5.13. The van der Waals surface area contributed by atoms with Crippen LogP contribution >= 0.6 is 0 Å². The Morgan fingerprint density at radius 1 is 1.25 bits per heavy atom. The minimum Gasteiger partial charge on any atom is -0.408 e. The van der Waals surface area contributed by atoms with Crippen molar-refractivity contribution in [2.75, 3.05) is 6.54 Å². The summed E-state index contributed by atoms with van der Waals surface area (Å²) in [7, 11) is 0. The molecule has 1 aliphatic rings. The molecule has 4 nitrogen and oxygen atoms in total. The lowest BCUT2D eigenvalue weighted by Crippen LogP contribution is -2.35. The van der Waals surface area contributed by atoms with Crippen LogP contribution in [0, 0.1) is 5.92 Å². The van der Waals surface area contributed by atoms with E-state index in [1.807, 2.05) is 24.3 Å². The number of nitrogens with zero attached hydrogens (tertiary/aromatic N) is 1. The third kappa shape index (κ3) is 2.80. The highest BCUT2D eigenvalue weighted by atomic mass is 16.4. The molecule has 1 aromatic carbocycles. The predicted molar refractivity (Wildman–Crippen MR) is 79.9 cm³/mol. The summed E-state index contributed by atoms with van der Waals surface area (Å²) in [5, 5.41) is 3.57. The maximum Gasteiger partial charge on any atom is 0.419 e. The zero-order valence-electron chi connectivity index (χ0n) is 12.0. The maximum atomic E-state index is 11.8. The second-order valence-corrected chi connectivity index (χ2v) is 5.90. The van der Waals surface area contributed by atoms with Gasteiger partial charge in [-0.1, -0.05) is 19.1 Å². The fourth-order valence-electron chi connectivity index (χ4n) is 3.07.